The van der Waals surface area contributed by atoms with Crippen LogP contribution in [0.4, 0.5) is 11.6 Å². The van der Waals surface area contributed by atoms with Gasteiger partial charge in [-0.1, -0.05) is 20.0 Å². The van der Waals surface area contributed by atoms with E-state index in [-0.39, 0.29) is 322 Å². The van der Waals surface area contributed by atoms with Gasteiger partial charge >= 0.3 is 223 Å². The van der Waals surface area contributed by atoms with Crippen LogP contribution in [0.25, 0.3) is 22.1 Å². The molecule has 6 aliphatic rings. The zero-order valence-corrected chi connectivity index (χ0v) is 45.1. The van der Waals surface area contributed by atoms with Crippen LogP contribution in [0.3, 0.4) is 0 Å². The maximum absolute atomic E-state index is 13.6. The first kappa shape index (κ1) is 45.3. The molecule has 12 heterocycles. The van der Waals surface area contributed by atoms with E-state index in [1.807, 2.05) is 0 Å². The van der Waals surface area contributed by atoms with Gasteiger partial charge < -0.3 is 34.0 Å². The van der Waals surface area contributed by atoms with Crippen molar-refractivity contribution in [3.05, 3.63) is 75.7 Å². The van der Waals surface area contributed by atoms with Crippen LogP contribution < -0.4 is 249 Å². The molecule has 12 rings (SSSR count). The van der Waals surface area contributed by atoms with Crippen LogP contribution in [0.5, 0.6) is 0 Å². The van der Waals surface area contributed by atoms with Crippen molar-refractivity contribution in [2.75, 3.05) is 11.5 Å². The van der Waals surface area contributed by atoms with Crippen LogP contribution in [0.1, 0.15) is 35.6 Å². The third-order valence-corrected chi connectivity index (χ3v) is 11.9. The van der Waals surface area contributed by atoms with E-state index in [9.17, 15) is 45.1 Å². The third-order valence-electron chi connectivity index (χ3n) is 10.4. The largest absolute Gasteiger partial charge is 1.00 e. The molecule has 59 heavy (non-hydrogen) atoms. The predicted octanol–water partition coefficient (Wildman–Crippen LogP) is -18.1. The first-order chi connectivity index (χ1) is 26.2. The van der Waals surface area contributed by atoms with Crippen molar-refractivity contribution in [2.24, 2.45) is 20.0 Å². The summed E-state index contributed by atoms with van der Waals surface area (Å²) in [6, 6.07) is 0. The Hall–Kier alpha value is -0.235. The topological polar surface area (TPSA) is 349 Å². The van der Waals surface area contributed by atoms with Gasteiger partial charge in [0.05, 0.1) is 20.2 Å². The minimum atomic E-state index is -4.64. The predicted molar refractivity (Wildman–Crippen MR) is 177 cm³/mol. The van der Waals surface area contributed by atoms with Gasteiger partial charge in [-0.25, -0.2) is 26.4 Å². The summed E-state index contributed by atoms with van der Waals surface area (Å²) in [5.41, 5.74) is -1.49. The molecule has 0 bridgehead atoms. The van der Waals surface area contributed by atoms with Gasteiger partial charge in [-0.15, -0.1) is 9.15 Å². The zero-order valence-electron chi connectivity index (χ0n) is 31.0. The molecule has 0 amide bonds. The summed E-state index contributed by atoms with van der Waals surface area (Å²) in [7, 11) is -9.28. The Bertz CT molecular complexity index is 3730. The summed E-state index contributed by atoms with van der Waals surface area (Å²) < 4.78 is 78.2. The summed E-state index contributed by atoms with van der Waals surface area (Å²) in [5, 5.41) is 0. The zero-order chi connectivity index (χ0) is 37.8. The van der Waals surface area contributed by atoms with Crippen molar-refractivity contribution in [3.63, 3.8) is 0 Å². The molecule has 26 nitrogen and oxygen atoms in total. The maximum atomic E-state index is 13.6. The quantitative estimate of drug-likeness (QED) is 0.0628. The van der Waals surface area contributed by atoms with Crippen LogP contribution in [0.15, 0.2) is 39.1 Å². The molecule has 32 heteroatoms. The monoisotopic (exact) mass is 944 g/mol. The van der Waals surface area contributed by atoms with Crippen molar-refractivity contribution in [1.29, 1.82) is 0 Å². The van der Waals surface area contributed by atoms with E-state index in [0.29, 0.717) is 0 Å². The minimum Gasteiger partial charge on any atom is -0.748 e. The fourth-order valence-corrected chi connectivity index (χ4v) is 9.52. The summed E-state index contributed by atoms with van der Waals surface area (Å²) in [6.07, 6.45) is -0.467. The Balaban J connectivity index is 0.00000121. The van der Waals surface area contributed by atoms with E-state index in [0.717, 1.165) is 0 Å². The molecule has 4 N–H and O–H groups in total. The molecule has 6 aliphatic heterocycles. The number of amidine groups is 4. The van der Waals surface area contributed by atoms with Crippen LogP contribution in [0, 0.1) is 0 Å². The number of aromatic nitrogens is 10. The maximum Gasteiger partial charge on any atom is 1.00 e. The van der Waals surface area contributed by atoms with Crippen molar-refractivity contribution in [2.45, 2.75) is 31.8 Å². The number of rotatable bonds is 8. The first-order valence-corrected chi connectivity index (χ1v) is 19.4. The van der Waals surface area contributed by atoms with Gasteiger partial charge in [0.25, 0.3) is 23.3 Å². The second-order valence-corrected chi connectivity index (χ2v) is 16.4. The summed E-state index contributed by atoms with van der Waals surface area (Å²) in [6.45, 7) is -0.469. The van der Waals surface area contributed by atoms with Crippen LogP contribution in [-0.2, 0) is 39.2 Å². The molecule has 6 aromatic heterocycles. The van der Waals surface area contributed by atoms with Crippen LogP contribution in [-0.4, -0.2) is 108 Å². The van der Waals surface area contributed by atoms with E-state index >= 15 is 0 Å². The number of imidazole rings is 4. The normalized spacial score (nSPS) is 18.1. The molecule has 0 saturated carbocycles. The number of hydrogen-bond acceptors (Lipinski definition) is 14. The van der Waals surface area contributed by atoms with Crippen molar-refractivity contribution >= 4 is 77.3 Å². The summed E-state index contributed by atoms with van der Waals surface area (Å²) in [5.74, 6) is -2.80. The number of aliphatic imine (C=N–C) groups is 2. The first-order valence-electron chi connectivity index (χ1n) is 16.3. The molecule has 0 radical (unpaired) electrons. The number of H-pyrrole nitrogens is 4. The number of aromatic amines is 4. The second-order valence-electron chi connectivity index (χ2n) is 13.4. The summed E-state index contributed by atoms with van der Waals surface area (Å²) in [4.78, 5) is 91.8. The number of hydrogen-bond donors (Lipinski definition) is 4. The molecule has 0 fully saturated rings. The standard InChI is InChI=1S/C27H18N16O10S2.4K/c44-23-28-7-8(29-23)17-35-19-11-13(38(25(46)32-11)3-1-5-54(48,49)50)22-37-20-12-14(39(26(47)33-12)4-2-6-55(51,52)53)21-36-18-10-9(30-24(45)31-10)16-34-15(7)40(17)27(41(16)18,42(19)22)43(20)21;;;;/h1-6H2,(H6,28,29,30,31,32,33,34,35,36,37,44,45,46,47,48,49,50,51,52,53);;;;/q;4*+1/p-2/t27-;;;;/m1..../s1. The Labute approximate surface area is 494 Å². The van der Waals surface area contributed by atoms with Crippen LogP contribution in [0.2, 0.25) is 0 Å². The average molecular weight is 945 g/mol. The van der Waals surface area contributed by atoms with E-state index in [4.69, 9.17) is 20.0 Å². The Morgan fingerprint density at radius 3 is 1.95 bits per heavy atom. The van der Waals surface area contributed by atoms with Crippen molar-refractivity contribution in [1.82, 2.24) is 48.2 Å². The average Bonchev–Trinajstić information content (AvgIpc) is 3.96. The molecule has 6 aromatic rings. The van der Waals surface area contributed by atoms with Gasteiger partial charge in [-0.05, 0) is 12.8 Å². The van der Waals surface area contributed by atoms with E-state index < -0.39 is 60.4 Å². The van der Waals surface area contributed by atoms with E-state index in [2.05, 4.69) is 29.9 Å². The fourth-order valence-electron chi connectivity index (χ4n) is 8.55. The smallest absolute Gasteiger partial charge is 0.748 e. The molecule has 0 aromatic carbocycles. The number of aryl methyl sites for hydroxylation is 1. The van der Waals surface area contributed by atoms with E-state index in [1.165, 1.54) is 9.13 Å². The van der Waals surface area contributed by atoms with Crippen molar-refractivity contribution in [3.8, 4) is 0 Å². The number of nitrogens with zero attached hydrogens (tertiary/aromatic N) is 12. The number of nitrogens with one attached hydrogen (secondary N) is 4. The second kappa shape index (κ2) is 14.9. The summed E-state index contributed by atoms with van der Waals surface area (Å²) >= 11 is 0. The molecular formula is C27H16K4N16O10S2+2. The minimum absolute atomic E-state index is 0. The van der Waals surface area contributed by atoms with Gasteiger partial charge in [0, 0.05) is 47.0 Å². The fraction of sp³-hybridized carbons (Fsp3) is 0.259. The molecule has 278 valence electrons. The van der Waals surface area contributed by atoms with E-state index in [1.54, 1.807) is 18.3 Å². The van der Waals surface area contributed by atoms with Gasteiger partial charge in [-0.3, -0.25) is 23.7 Å². The molecule has 0 aliphatic carbocycles. The SMILES string of the molecule is O=c1[n-]c2c([nH]1)C1=Nc3c4c([nH]c(=O)n4CCCS(=O)(=O)[O-])c4n3[C@]35n6c(c7[n-]c(=O)[nH]c7c6=NC2=[N+]13)=NC1=[N+]5C(=N4)c2c1[nH]c(=O)n2CCCS(=O)(=O)[O-].[K+].[K+].[K+].[K+]. The third kappa shape index (κ3) is 5.95. The van der Waals surface area contributed by atoms with Crippen molar-refractivity contribution < 1.29 is 241 Å². The molecule has 1 spiro atoms. The molecule has 1 atom stereocenters. The molecule has 0 unspecified atom stereocenters. The van der Waals surface area contributed by atoms with Gasteiger partial charge in [0.15, 0.2) is 22.8 Å². The van der Waals surface area contributed by atoms with Crippen LogP contribution >= 0.6 is 0 Å². The Kier molecular flexibility index (Phi) is 11.5. The van der Waals surface area contributed by atoms with Gasteiger partial charge in [-0.2, -0.15) is 9.13 Å². The Morgan fingerprint density at radius 2 is 1.25 bits per heavy atom. The molecular weight excluding hydrogens is 929 g/mol. The Morgan fingerprint density at radius 1 is 0.644 bits per heavy atom. The number of fused-ring (bicyclic) bond motifs is 12. The van der Waals surface area contributed by atoms with Gasteiger partial charge in [0.2, 0.25) is 22.6 Å². The van der Waals surface area contributed by atoms with Gasteiger partial charge in [0.1, 0.15) is 11.0 Å². The molecule has 0 saturated heterocycles.